The molecule has 0 spiro atoms. The monoisotopic (exact) mass is 304 g/mol. The summed E-state index contributed by atoms with van der Waals surface area (Å²) in [4.78, 5) is 18.1. The number of nitrogens with one attached hydrogen (secondary N) is 2. The number of nitrogens with zero attached hydrogens (tertiary/aromatic N) is 3. The van der Waals surface area contributed by atoms with E-state index in [1.165, 1.54) is 18.2 Å². The van der Waals surface area contributed by atoms with Crippen molar-refractivity contribution in [3.05, 3.63) is 52.9 Å². The van der Waals surface area contributed by atoms with E-state index >= 15 is 0 Å². The van der Waals surface area contributed by atoms with Crippen LogP contribution in [0.3, 0.4) is 0 Å². The molecule has 0 saturated heterocycles. The Kier molecular flexibility index (Phi) is 4.47. The van der Waals surface area contributed by atoms with E-state index in [2.05, 4.69) is 27.2 Å². The van der Waals surface area contributed by atoms with Gasteiger partial charge in [0.25, 0.3) is 0 Å². The first-order valence-corrected chi connectivity index (χ1v) is 6.21. The molecule has 0 aliphatic rings. The topological polar surface area (TPSA) is 119 Å². The van der Waals surface area contributed by atoms with Crippen LogP contribution in [0, 0.1) is 15.9 Å². The van der Waals surface area contributed by atoms with Crippen molar-refractivity contribution in [3.63, 3.8) is 0 Å². The summed E-state index contributed by atoms with van der Waals surface area (Å²) in [6.45, 7) is 3.87. The third kappa shape index (κ3) is 3.26. The second kappa shape index (κ2) is 6.48. The maximum Gasteiger partial charge on any atom is 0.353 e. The van der Waals surface area contributed by atoms with Crippen molar-refractivity contribution in [1.82, 2.24) is 9.97 Å². The van der Waals surface area contributed by atoms with Crippen LogP contribution in [-0.4, -0.2) is 21.4 Å². The number of hydrogen-bond donors (Lipinski definition) is 3. The van der Waals surface area contributed by atoms with E-state index in [0.717, 1.165) is 0 Å². The molecule has 8 nitrogen and oxygen atoms in total. The highest BCUT2D eigenvalue weighted by atomic mass is 19.1. The van der Waals surface area contributed by atoms with Gasteiger partial charge in [-0.15, -0.1) is 6.58 Å². The molecule has 4 N–H and O–H groups in total. The fraction of sp³-hybridized carbons (Fsp3) is 0.0769. The summed E-state index contributed by atoms with van der Waals surface area (Å²) in [5.41, 5.74) is 5.11. The number of rotatable bonds is 6. The van der Waals surface area contributed by atoms with E-state index in [1.54, 1.807) is 12.1 Å². The Morgan fingerprint density at radius 2 is 2.14 bits per heavy atom. The van der Waals surface area contributed by atoms with Gasteiger partial charge < -0.3 is 16.4 Å². The lowest BCUT2D eigenvalue weighted by molar-refractivity contribution is -0.383. The lowest BCUT2D eigenvalue weighted by atomic mass is 10.3. The normalized spacial score (nSPS) is 10.0. The van der Waals surface area contributed by atoms with Gasteiger partial charge in [0, 0.05) is 6.54 Å². The highest BCUT2D eigenvalue weighted by Crippen LogP contribution is 2.31. The average molecular weight is 304 g/mol. The van der Waals surface area contributed by atoms with Crippen LogP contribution in [0.25, 0.3) is 0 Å². The van der Waals surface area contributed by atoms with Crippen LogP contribution in [-0.2, 0) is 0 Å². The van der Waals surface area contributed by atoms with E-state index in [0.29, 0.717) is 6.54 Å². The lowest BCUT2D eigenvalue weighted by Crippen LogP contribution is -2.10. The van der Waals surface area contributed by atoms with E-state index in [-0.39, 0.29) is 23.3 Å². The molecule has 0 radical (unpaired) electrons. The largest absolute Gasteiger partial charge is 0.378 e. The van der Waals surface area contributed by atoms with E-state index < -0.39 is 16.4 Å². The van der Waals surface area contributed by atoms with Crippen molar-refractivity contribution in [2.24, 2.45) is 0 Å². The van der Waals surface area contributed by atoms with Crippen LogP contribution < -0.4 is 16.4 Å². The molecule has 0 atom stereocenters. The Bertz CT molecular complexity index is 722. The van der Waals surface area contributed by atoms with Crippen LogP contribution in [0.15, 0.2) is 36.9 Å². The number of para-hydroxylation sites is 1. The Labute approximate surface area is 125 Å². The lowest BCUT2D eigenvalue weighted by Gasteiger charge is -2.10. The quantitative estimate of drug-likeness (QED) is 0.426. The predicted molar refractivity (Wildman–Crippen MR) is 81.5 cm³/mol. The van der Waals surface area contributed by atoms with Crippen molar-refractivity contribution in [1.29, 1.82) is 0 Å². The summed E-state index contributed by atoms with van der Waals surface area (Å²) in [5, 5.41) is 16.4. The highest BCUT2D eigenvalue weighted by molar-refractivity contribution is 5.74. The van der Waals surface area contributed by atoms with Gasteiger partial charge in [0.2, 0.25) is 17.6 Å². The van der Waals surface area contributed by atoms with Crippen molar-refractivity contribution in [3.8, 4) is 0 Å². The zero-order valence-electron chi connectivity index (χ0n) is 11.4. The van der Waals surface area contributed by atoms with E-state index in [4.69, 9.17) is 5.73 Å². The minimum absolute atomic E-state index is 0.0402. The second-order valence-corrected chi connectivity index (χ2v) is 4.16. The fourth-order valence-electron chi connectivity index (χ4n) is 1.67. The molecule has 0 fully saturated rings. The van der Waals surface area contributed by atoms with Gasteiger partial charge in [-0.1, -0.05) is 18.2 Å². The van der Waals surface area contributed by atoms with E-state index in [9.17, 15) is 14.5 Å². The first kappa shape index (κ1) is 15.2. The number of halogens is 1. The molecule has 0 aliphatic heterocycles. The Morgan fingerprint density at radius 3 is 2.77 bits per heavy atom. The van der Waals surface area contributed by atoms with Crippen LogP contribution in [0.4, 0.5) is 33.3 Å². The molecule has 2 rings (SSSR count). The molecule has 114 valence electrons. The summed E-state index contributed by atoms with van der Waals surface area (Å²) in [6.07, 6.45) is 1.56. The molecular weight excluding hydrogens is 291 g/mol. The zero-order valence-corrected chi connectivity index (χ0v) is 11.4. The van der Waals surface area contributed by atoms with E-state index in [1.807, 2.05) is 0 Å². The van der Waals surface area contributed by atoms with Gasteiger partial charge in [-0.2, -0.15) is 9.97 Å². The molecule has 0 aliphatic carbocycles. The van der Waals surface area contributed by atoms with Gasteiger partial charge in [0.05, 0.1) is 10.6 Å². The molecule has 0 bridgehead atoms. The summed E-state index contributed by atoms with van der Waals surface area (Å²) in [6, 6.07) is 5.72. The molecule has 2 aromatic rings. The third-order valence-corrected chi connectivity index (χ3v) is 2.62. The third-order valence-electron chi connectivity index (χ3n) is 2.62. The molecule has 9 heteroatoms. The maximum absolute atomic E-state index is 13.7. The van der Waals surface area contributed by atoms with Gasteiger partial charge in [-0.25, -0.2) is 4.39 Å². The molecule has 1 aromatic heterocycles. The van der Waals surface area contributed by atoms with Gasteiger partial charge in [0.15, 0.2) is 0 Å². The Morgan fingerprint density at radius 1 is 1.41 bits per heavy atom. The molecule has 0 amide bonds. The summed E-state index contributed by atoms with van der Waals surface area (Å²) >= 11 is 0. The first-order valence-electron chi connectivity index (χ1n) is 6.21. The number of nitro groups is 1. The van der Waals surface area contributed by atoms with Crippen LogP contribution in [0.5, 0.6) is 0 Å². The second-order valence-electron chi connectivity index (χ2n) is 4.16. The molecule has 1 heterocycles. The van der Waals surface area contributed by atoms with Gasteiger partial charge in [-0.05, 0) is 12.1 Å². The van der Waals surface area contributed by atoms with Gasteiger partial charge >= 0.3 is 5.69 Å². The van der Waals surface area contributed by atoms with Crippen LogP contribution >= 0.6 is 0 Å². The molecule has 0 unspecified atom stereocenters. The number of nitrogen functional groups attached to an aromatic ring is 1. The Balaban J connectivity index is 2.46. The minimum atomic E-state index is -0.726. The standard InChI is InChI=1S/C13H13FN6O2/c1-2-7-16-13-18-11(15)10(20(21)22)12(19-13)17-9-6-4-3-5-8(9)14/h2-6H,1,7H2,(H4,15,16,17,18,19). The fourth-order valence-corrected chi connectivity index (χ4v) is 1.67. The SMILES string of the molecule is C=CCNc1nc(N)c([N+](=O)[O-])c(Nc2ccccc2F)n1. The number of hydrogen-bond acceptors (Lipinski definition) is 7. The molecular formula is C13H13FN6O2. The first-order chi connectivity index (χ1) is 10.5. The number of benzene rings is 1. The summed E-state index contributed by atoms with van der Waals surface area (Å²) in [7, 11) is 0. The summed E-state index contributed by atoms with van der Waals surface area (Å²) < 4.78 is 13.7. The van der Waals surface area contributed by atoms with Crippen molar-refractivity contribution in [2.75, 3.05) is 22.9 Å². The van der Waals surface area contributed by atoms with Crippen LogP contribution in [0.2, 0.25) is 0 Å². The smallest absolute Gasteiger partial charge is 0.353 e. The molecule has 1 aromatic carbocycles. The number of nitrogens with two attached hydrogens (primary N) is 1. The number of aromatic nitrogens is 2. The maximum atomic E-state index is 13.7. The molecule has 0 saturated carbocycles. The minimum Gasteiger partial charge on any atom is -0.378 e. The zero-order chi connectivity index (χ0) is 16.1. The van der Waals surface area contributed by atoms with Crippen molar-refractivity contribution >= 4 is 29.0 Å². The Hall–Kier alpha value is -3.23. The van der Waals surface area contributed by atoms with Crippen molar-refractivity contribution < 1.29 is 9.31 Å². The van der Waals surface area contributed by atoms with Gasteiger partial charge in [0.1, 0.15) is 5.82 Å². The van der Waals surface area contributed by atoms with Crippen LogP contribution in [0.1, 0.15) is 0 Å². The number of anilines is 4. The predicted octanol–water partition coefficient (Wildman–Crippen LogP) is 2.45. The van der Waals surface area contributed by atoms with Gasteiger partial charge in [-0.3, -0.25) is 10.1 Å². The highest BCUT2D eigenvalue weighted by Gasteiger charge is 2.23. The average Bonchev–Trinajstić information content (AvgIpc) is 2.46. The molecule has 22 heavy (non-hydrogen) atoms. The summed E-state index contributed by atoms with van der Waals surface area (Å²) in [5.74, 6) is -1.03. The van der Waals surface area contributed by atoms with Crippen molar-refractivity contribution in [2.45, 2.75) is 0 Å².